The Labute approximate surface area is 197 Å². The predicted octanol–water partition coefficient (Wildman–Crippen LogP) is 3.17. The second-order valence-corrected chi connectivity index (χ2v) is 7.28. The smallest absolute Gasteiger partial charge is 0.260 e. The lowest BCUT2D eigenvalue weighted by Crippen LogP contribution is -2.18. The lowest BCUT2D eigenvalue weighted by atomic mass is 10.2. The van der Waals surface area contributed by atoms with Gasteiger partial charge in [-0.15, -0.1) is 5.10 Å². The summed E-state index contributed by atoms with van der Waals surface area (Å²) in [5, 5.41) is 24.8. The Kier molecular flexibility index (Phi) is 8.06. The van der Waals surface area contributed by atoms with Crippen molar-refractivity contribution in [1.82, 2.24) is 40.2 Å². The zero-order valence-corrected chi connectivity index (χ0v) is 19.3. The number of nitrogens with zero attached hydrogens (tertiary/aromatic N) is 8. The standard InChI is InChI=1S/C23H26N8O3/c1-6-9-18(12-16(3)32)33-14-21(30(4)5)19(7-2)23-26-22(27-34-23)20-11-8-10-17(25-20)13-31-15-24-28-29-31/h6-12,15,32H,1-2,13-14H2,3-5H3/b16-12+,18-9+,21-19+. The van der Waals surface area contributed by atoms with Gasteiger partial charge in [-0.05, 0) is 35.6 Å². The summed E-state index contributed by atoms with van der Waals surface area (Å²) >= 11 is 0. The van der Waals surface area contributed by atoms with Gasteiger partial charge in [0.15, 0.2) is 0 Å². The Morgan fingerprint density at radius 2 is 2.09 bits per heavy atom. The van der Waals surface area contributed by atoms with E-state index in [9.17, 15) is 5.11 Å². The third-order valence-electron chi connectivity index (χ3n) is 4.47. The fraction of sp³-hybridized carbons (Fsp3) is 0.217. The van der Waals surface area contributed by atoms with E-state index < -0.39 is 0 Å². The summed E-state index contributed by atoms with van der Waals surface area (Å²) in [5.74, 6) is 1.17. The molecule has 0 fully saturated rings. The third-order valence-corrected chi connectivity index (χ3v) is 4.47. The maximum atomic E-state index is 9.58. The molecule has 0 bridgehead atoms. The molecular formula is C23H26N8O3. The van der Waals surface area contributed by atoms with Crippen LogP contribution in [0.2, 0.25) is 0 Å². The van der Waals surface area contributed by atoms with Gasteiger partial charge in [0.1, 0.15) is 24.4 Å². The van der Waals surface area contributed by atoms with Crippen LogP contribution in [0.4, 0.5) is 0 Å². The second-order valence-electron chi connectivity index (χ2n) is 7.28. The van der Waals surface area contributed by atoms with Crippen molar-refractivity contribution in [2.75, 3.05) is 20.7 Å². The molecule has 0 atom stereocenters. The molecule has 34 heavy (non-hydrogen) atoms. The number of rotatable bonds is 11. The SMILES string of the molecule is C=C/C=C(\C=C(/C)O)OC/C(=C(/C=C)c1nc(-c2cccc(Cn3cnnn3)n2)no1)N(C)C. The average molecular weight is 463 g/mol. The van der Waals surface area contributed by atoms with Crippen molar-refractivity contribution in [3.63, 3.8) is 0 Å². The maximum absolute atomic E-state index is 9.58. The molecule has 0 saturated heterocycles. The Bertz CT molecular complexity index is 1220. The molecule has 11 heteroatoms. The van der Waals surface area contributed by atoms with E-state index in [4.69, 9.17) is 9.26 Å². The van der Waals surface area contributed by atoms with Crippen LogP contribution in [0.15, 0.2) is 83.7 Å². The average Bonchev–Trinajstić information content (AvgIpc) is 3.48. The van der Waals surface area contributed by atoms with Crippen molar-refractivity contribution in [3.05, 3.63) is 90.8 Å². The van der Waals surface area contributed by atoms with Gasteiger partial charge in [0.05, 0.1) is 29.3 Å². The minimum Gasteiger partial charge on any atom is -0.512 e. The zero-order chi connectivity index (χ0) is 24.5. The molecule has 3 heterocycles. The topological polar surface area (TPSA) is 128 Å². The lowest BCUT2D eigenvalue weighted by Gasteiger charge is -2.20. The number of pyridine rings is 1. The summed E-state index contributed by atoms with van der Waals surface area (Å²) in [5.41, 5.74) is 2.64. The van der Waals surface area contributed by atoms with Crippen LogP contribution in [0, 0.1) is 0 Å². The first-order valence-electron chi connectivity index (χ1n) is 10.3. The van der Waals surface area contributed by atoms with Crippen molar-refractivity contribution < 1.29 is 14.4 Å². The molecule has 0 amide bonds. The van der Waals surface area contributed by atoms with Gasteiger partial charge in [-0.25, -0.2) is 9.67 Å². The van der Waals surface area contributed by atoms with Crippen LogP contribution in [0.1, 0.15) is 18.5 Å². The lowest BCUT2D eigenvalue weighted by molar-refractivity contribution is 0.226. The van der Waals surface area contributed by atoms with Crippen LogP contribution in [0.3, 0.4) is 0 Å². The highest BCUT2D eigenvalue weighted by Crippen LogP contribution is 2.24. The highest BCUT2D eigenvalue weighted by Gasteiger charge is 2.18. The van der Waals surface area contributed by atoms with E-state index in [1.54, 1.807) is 35.9 Å². The fourth-order valence-corrected chi connectivity index (χ4v) is 2.94. The Hall–Kier alpha value is -4.54. The van der Waals surface area contributed by atoms with Crippen molar-refractivity contribution >= 4 is 5.57 Å². The maximum Gasteiger partial charge on any atom is 0.260 e. The summed E-state index contributed by atoms with van der Waals surface area (Å²) in [6, 6.07) is 5.51. The summed E-state index contributed by atoms with van der Waals surface area (Å²) in [6.45, 7) is 9.71. The molecule has 0 aromatic carbocycles. The normalized spacial score (nSPS) is 12.8. The minimum absolute atomic E-state index is 0.115. The molecule has 3 aromatic rings. The van der Waals surface area contributed by atoms with Crippen LogP contribution in [0.5, 0.6) is 0 Å². The molecule has 0 aliphatic carbocycles. The molecule has 1 N–H and O–H groups in total. The van der Waals surface area contributed by atoms with Gasteiger partial charge in [0.2, 0.25) is 5.82 Å². The molecule has 0 aliphatic rings. The first-order valence-corrected chi connectivity index (χ1v) is 10.3. The second kappa shape index (κ2) is 11.4. The Morgan fingerprint density at radius 3 is 2.74 bits per heavy atom. The highest BCUT2D eigenvalue weighted by atomic mass is 16.5. The van der Waals surface area contributed by atoms with Gasteiger partial charge >= 0.3 is 0 Å². The van der Waals surface area contributed by atoms with Crippen LogP contribution in [-0.4, -0.2) is 66.0 Å². The van der Waals surface area contributed by atoms with E-state index in [1.165, 1.54) is 12.4 Å². The number of ether oxygens (including phenoxy) is 1. The van der Waals surface area contributed by atoms with E-state index in [2.05, 4.69) is 43.8 Å². The van der Waals surface area contributed by atoms with E-state index in [0.717, 1.165) is 11.4 Å². The van der Waals surface area contributed by atoms with Gasteiger partial charge in [-0.2, -0.15) is 4.98 Å². The van der Waals surface area contributed by atoms with Gasteiger partial charge in [0.25, 0.3) is 5.89 Å². The number of hydrogen-bond acceptors (Lipinski definition) is 10. The molecule has 0 spiro atoms. The molecule has 0 aliphatic heterocycles. The number of hydrogen-bond donors (Lipinski definition) is 1. The van der Waals surface area contributed by atoms with Crippen molar-refractivity contribution in [2.24, 2.45) is 0 Å². The van der Waals surface area contributed by atoms with E-state index >= 15 is 0 Å². The van der Waals surface area contributed by atoms with E-state index in [-0.39, 0.29) is 18.3 Å². The van der Waals surface area contributed by atoms with Crippen molar-refractivity contribution in [3.8, 4) is 11.5 Å². The number of aliphatic hydroxyl groups excluding tert-OH is 1. The van der Waals surface area contributed by atoms with Gasteiger partial charge in [-0.1, -0.05) is 36.5 Å². The Morgan fingerprint density at radius 1 is 1.26 bits per heavy atom. The number of aromatic nitrogens is 7. The van der Waals surface area contributed by atoms with Crippen LogP contribution in [0.25, 0.3) is 17.1 Å². The summed E-state index contributed by atoms with van der Waals surface area (Å²) in [4.78, 5) is 11.0. The monoisotopic (exact) mass is 462 g/mol. The predicted molar refractivity (Wildman–Crippen MR) is 126 cm³/mol. The minimum atomic E-state index is 0.115. The number of aliphatic hydroxyl groups is 1. The van der Waals surface area contributed by atoms with Gasteiger partial charge < -0.3 is 19.3 Å². The first kappa shape index (κ1) is 24.1. The largest absolute Gasteiger partial charge is 0.512 e. The van der Waals surface area contributed by atoms with E-state index in [0.29, 0.717) is 29.4 Å². The van der Waals surface area contributed by atoms with Gasteiger partial charge in [-0.3, -0.25) is 0 Å². The number of likely N-dealkylation sites (N-methyl/N-ethyl adjacent to an activating group) is 1. The molecule has 176 valence electrons. The number of tetrazole rings is 1. The molecule has 0 unspecified atom stereocenters. The van der Waals surface area contributed by atoms with E-state index in [1.807, 2.05) is 31.1 Å². The van der Waals surface area contributed by atoms with Crippen LogP contribution < -0.4 is 0 Å². The zero-order valence-electron chi connectivity index (χ0n) is 19.3. The van der Waals surface area contributed by atoms with Gasteiger partial charge in [0, 0.05) is 20.2 Å². The summed E-state index contributed by atoms with van der Waals surface area (Å²) in [7, 11) is 3.74. The summed E-state index contributed by atoms with van der Waals surface area (Å²) < 4.78 is 13.0. The van der Waals surface area contributed by atoms with Crippen molar-refractivity contribution in [2.45, 2.75) is 13.5 Å². The Balaban J connectivity index is 1.88. The quantitative estimate of drug-likeness (QED) is 0.335. The molecule has 0 radical (unpaired) electrons. The number of allylic oxidation sites excluding steroid dienone is 6. The molecule has 3 rings (SSSR count). The third kappa shape index (κ3) is 6.25. The fourth-order valence-electron chi connectivity index (χ4n) is 2.94. The van der Waals surface area contributed by atoms with Crippen LogP contribution >= 0.6 is 0 Å². The molecule has 3 aromatic heterocycles. The highest BCUT2D eigenvalue weighted by molar-refractivity contribution is 5.71. The molecule has 11 nitrogen and oxygen atoms in total. The molecule has 0 saturated carbocycles. The first-order chi connectivity index (χ1) is 16.4. The van der Waals surface area contributed by atoms with Crippen molar-refractivity contribution in [1.29, 1.82) is 0 Å². The van der Waals surface area contributed by atoms with Crippen LogP contribution in [-0.2, 0) is 11.3 Å². The summed E-state index contributed by atoms with van der Waals surface area (Å²) in [6.07, 6.45) is 7.87. The molecular weight excluding hydrogens is 436 g/mol.